The van der Waals surface area contributed by atoms with Gasteiger partial charge in [0.25, 0.3) is 5.69 Å². The second kappa shape index (κ2) is 7.35. The molecule has 3 aromatic carbocycles. The van der Waals surface area contributed by atoms with E-state index < -0.39 is 10.8 Å². The number of primary amides is 1. The Balaban J connectivity index is 1.73. The van der Waals surface area contributed by atoms with Crippen LogP contribution in [-0.4, -0.2) is 10.8 Å². The number of azo groups is 1. The average Bonchev–Trinajstić information content (AvgIpc) is 2.90. The third-order valence-corrected chi connectivity index (χ3v) is 4.28. The second-order valence-corrected chi connectivity index (χ2v) is 6.22. The molecule has 29 heavy (non-hydrogen) atoms. The van der Waals surface area contributed by atoms with Crippen LogP contribution in [0.3, 0.4) is 0 Å². The molecule has 1 heterocycles. The van der Waals surface area contributed by atoms with Gasteiger partial charge >= 0.3 is 0 Å². The van der Waals surface area contributed by atoms with Gasteiger partial charge in [0.05, 0.1) is 27.9 Å². The van der Waals surface area contributed by atoms with E-state index in [9.17, 15) is 14.9 Å². The molecule has 0 spiro atoms. The molecule has 0 aliphatic carbocycles. The molecule has 8 nitrogen and oxygen atoms in total. The lowest BCUT2D eigenvalue weighted by molar-refractivity contribution is -0.384. The van der Waals surface area contributed by atoms with E-state index in [0.717, 1.165) is 11.8 Å². The van der Waals surface area contributed by atoms with Crippen LogP contribution in [0.2, 0.25) is 0 Å². The highest BCUT2D eigenvalue weighted by atomic mass is 16.6. The van der Waals surface area contributed by atoms with Crippen molar-refractivity contribution in [2.45, 2.75) is 0 Å². The van der Waals surface area contributed by atoms with Gasteiger partial charge in [-0.05, 0) is 36.4 Å². The van der Waals surface area contributed by atoms with Gasteiger partial charge in [-0.1, -0.05) is 24.3 Å². The van der Waals surface area contributed by atoms with Crippen molar-refractivity contribution in [3.8, 4) is 11.5 Å². The monoisotopic (exact) mass is 386 g/mol. The highest BCUT2D eigenvalue weighted by Gasteiger charge is 2.22. The van der Waals surface area contributed by atoms with Gasteiger partial charge in [-0.15, -0.1) is 0 Å². The first-order valence-corrected chi connectivity index (χ1v) is 8.60. The maximum atomic E-state index is 11.8. The number of benzene rings is 3. The van der Waals surface area contributed by atoms with Crippen LogP contribution in [0, 0.1) is 10.1 Å². The predicted octanol–water partition coefficient (Wildman–Crippen LogP) is 5.39. The number of rotatable bonds is 4. The molecule has 0 saturated carbocycles. The van der Waals surface area contributed by atoms with Gasteiger partial charge in [0.2, 0.25) is 5.91 Å². The highest BCUT2D eigenvalue weighted by molar-refractivity contribution is 6.00. The molecule has 3 aromatic rings. The summed E-state index contributed by atoms with van der Waals surface area (Å²) in [6, 6.07) is 16.9. The maximum Gasteiger partial charge on any atom is 0.274 e. The minimum atomic E-state index is -0.776. The fourth-order valence-electron chi connectivity index (χ4n) is 2.90. The number of non-ortho nitro benzene ring substituents is 1. The van der Waals surface area contributed by atoms with Crippen LogP contribution in [0.15, 0.2) is 70.9 Å². The minimum absolute atomic E-state index is 0.0160. The van der Waals surface area contributed by atoms with E-state index in [0.29, 0.717) is 22.6 Å². The number of carbonyl (C=O) groups is 1. The number of fused-ring (bicyclic) bond motifs is 2. The smallest absolute Gasteiger partial charge is 0.274 e. The Morgan fingerprint density at radius 2 is 1.69 bits per heavy atom. The van der Waals surface area contributed by atoms with E-state index >= 15 is 0 Å². The van der Waals surface area contributed by atoms with Crippen LogP contribution in [0.4, 0.5) is 17.1 Å². The van der Waals surface area contributed by atoms with Gasteiger partial charge in [0, 0.05) is 17.2 Å². The summed E-state index contributed by atoms with van der Waals surface area (Å²) in [6.07, 6.45) is 3.38. The molecular weight excluding hydrogens is 372 g/mol. The number of nitro benzene ring substituents is 1. The Labute approximate surface area is 165 Å². The molecule has 2 N–H and O–H groups in total. The second-order valence-electron chi connectivity index (χ2n) is 6.22. The van der Waals surface area contributed by atoms with Crippen molar-refractivity contribution in [2.24, 2.45) is 16.0 Å². The van der Waals surface area contributed by atoms with Crippen molar-refractivity contribution in [1.82, 2.24) is 0 Å². The Morgan fingerprint density at radius 1 is 0.931 bits per heavy atom. The fourth-order valence-corrected chi connectivity index (χ4v) is 2.90. The van der Waals surface area contributed by atoms with Crippen molar-refractivity contribution in [2.75, 3.05) is 0 Å². The molecule has 0 radical (unpaired) electrons. The Bertz CT molecular complexity index is 1190. The molecule has 1 aliphatic rings. The summed E-state index contributed by atoms with van der Waals surface area (Å²) in [6.45, 7) is 0. The molecule has 0 aromatic heterocycles. The summed E-state index contributed by atoms with van der Waals surface area (Å²) < 4.78 is 5.85. The number of hydrogen-bond acceptors (Lipinski definition) is 6. The highest BCUT2D eigenvalue weighted by Crippen LogP contribution is 2.39. The van der Waals surface area contributed by atoms with Crippen molar-refractivity contribution in [1.29, 1.82) is 0 Å². The molecule has 0 atom stereocenters. The zero-order chi connectivity index (χ0) is 20.4. The number of nitro groups is 1. The van der Waals surface area contributed by atoms with Crippen LogP contribution >= 0.6 is 0 Å². The number of ether oxygens (including phenoxy) is 1. The number of nitrogens with two attached hydrogens (primary N) is 1. The normalized spacial score (nSPS) is 12.0. The summed E-state index contributed by atoms with van der Waals surface area (Å²) in [5, 5.41) is 19.6. The van der Waals surface area contributed by atoms with Gasteiger partial charge in [0.15, 0.2) is 0 Å². The predicted molar refractivity (Wildman–Crippen MR) is 108 cm³/mol. The summed E-state index contributed by atoms with van der Waals surface area (Å²) in [5.41, 5.74) is 7.54. The first-order valence-electron chi connectivity index (χ1n) is 8.60. The van der Waals surface area contributed by atoms with E-state index in [-0.39, 0.29) is 17.0 Å². The topological polar surface area (TPSA) is 120 Å². The summed E-state index contributed by atoms with van der Waals surface area (Å²) in [4.78, 5) is 22.4. The molecule has 4 rings (SSSR count). The number of nitrogens with zero attached hydrogens (tertiary/aromatic N) is 3. The van der Waals surface area contributed by atoms with E-state index in [2.05, 4.69) is 10.2 Å². The molecule has 0 bridgehead atoms. The summed E-state index contributed by atoms with van der Waals surface area (Å²) >= 11 is 0. The van der Waals surface area contributed by atoms with Gasteiger partial charge in [-0.25, -0.2) is 0 Å². The lowest BCUT2D eigenvalue weighted by atomic mass is 10.0. The number of amides is 1. The van der Waals surface area contributed by atoms with Gasteiger partial charge in [-0.2, -0.15) is 10.2 Å². The van der Waals surface area contributed by atoms with E-state index in [4.69, 9.17) is 10.5 Å². The Hall–Kier alpha value is -4.33. The fraction of sp³-hybridized carbons (Fsp3) is 0. The zero-order valence-corrected chi connectivity index (χ0v) is 15.0. The van der Waals surface area contributed by atoms with Crippen LogP contribution < -0.4 is 10.5 Å². The number of carbonyl (C=O) groups excluding carboxylic acids is 1. The zero-order valence-electron chi connectivity index (χ0n) is 15.0. The van der Waals surface area contributed by atoms with Gasteiger partial charge in [-0.3, -0.25) is 14.9 Å². The molecule has 0 fully saturated rings. The van der Waals surface area contributed by atoms with Crippen molar-refractivity contribution in [3.63, 3.8) is 0 Å². The summed E-state index contributed by atoms with van der Waals surface area (Å²) in [5.74, 6) is -0.127. The largest absolute Gasteiger partial charge is 0.456 e. The quantitative estimate of drug-likeness (QED) is 0.287. The van der Waals surface area contributed by atoms with Crippen molar-refractivity contribution >= 4 is 35.1 Å². The van der Waals surface area contributed by atoms with E-state index in [1.165, 1.54) is 6.07 Å². The SMILES string of the molecule is NC(=O)c1cc([N+](=O)[O-])cc2c1C=Cc1cc(N=Nc3ccccc3)ccc1O2. The van der Waals surface area contributed by atoms with E-state index in [1.807, 2.05) is 30.3 Å². The lowest BCUT2D eigenvalue weighted by Crippen LogP contribution is -2.13. The minimum Gasteiger partial charge on any atom is -0.456 e. The third-order valence-electron chi connectivity index (χ3n) is 4.28. The first kappa shape index (κ1) is 18.1. The molecule has 0 saturated heterocycles. The lowest BCUT2D eigenvalue weighted by Gasteiger charge is -2.11. The van der Waals surface area contributed by atoms with Gasteiger partial charge in [0.1, 0.15) is 11.5 Å². The van der Waals surface area contributed by atoms with E-state index in [1.54, 1.807) is 30.4 Å². The Kier molecular flexibility index (Phi) is 4.58. The molecule has 8 heteroatoms. The summed E-state index contributed by atoms with van der Waals surface area (Å²) in [7, 11) is 0. The molecular formula is C21H14N4O4. The van der Waals surface area contributed by atoms with Crippen LogP contribution in [0.1, 0.15) is 21.5 Å². The average molecular weight is 386 g/mol. The molecule has 0 unspecified atom stereocenters. The number of hydrogen-bond donors (Lipinski definition) is 1. The van der Waals surface area contributed by atoms with Crippen LogP contribution in [0.5, 0.6) is 11.5 Å². The van der Waals surface area contributed by atoms with Crippen LogP contribution in [0.25, 0.3) is 12.2 Å². The Morgan fingerprint density at radius 3 is 2.41 bits per heavy atom. The molecule has 1 aliphatic heterocycles. The third kappa shape index (κ3) is 3.72. The standard InChI is InChI=1S/C21H14N4O4/c22-21(26)18-11-16(25(27)28)12-20-17(18)8-6-13-10-15(7-9-19(13)29-20)24-23-14-4-2-1-3-5-14/h1-12H,(H2,22,26). The van der Waals surface area contributed by atoms with Crippen molar-refractivity contribution in [3.05, 3.63) is 87.5 Å². The molecule has 142 valence electrons. The molecule has 1 amide bonds. The van der Waals surface area contributed by atoms with Crippen LogP contribution in [-0.2, 0) is 0 Å². The van der Waals surface area contributed by atoms with Crippen molar-refractivity contribution < 1.29 is 14.5 Å². The first-order chi connectivity index (χ1) is 14.0. The van der Waals surface area contributed by atoms with Gasteiger partial charge < -0.3 is 10.5 Å². The maximum absolute atomic E-state index is 11.8.